The molecule has 238 valence electrons. The maximum absolute atomic E-state index is 14.5. The van der Waals surface area contributed by atoms with E-state index in [1.54, 1.807) is 4.90 Å². The van der Waals surface area contributed by atoms with Crippen molar-refractivity contribution < 1.29 is 23.9 Å². The number of benzene rings is 3. The summed E-state index contributed by atoms with van der Waals surface area (Å²) >= 11 is 1.44. The lowest BCUT2D eigenvalue weighted by atomic mass is 10.0. The Labute approximate surface area is 272 Å². The van der Waals surface area contributed by atoms with Gasteiger partial charge in [-0.1, -0.05) is 78.8 Å². The number of carbonyl (C=O) groups excluding carboxylic acids is 3. The Bertz CT molecular complexity index is 1770. The number of hydrogen-bond acceptors (Lipinski definition) is 8. The van der Waals surface area contributed by atoms with Crippen LogP contribution in [0, 0.1) is 5.92 Å². The van der Waals surface area contributed by atoms with E-state index < -0.39 is 29.7 Å². The first kappa shape index (κ1) is 30.2. The van der Waals surface area contributed by atoms with Gasteiger partial charge in [-0.05, 0) is 60.7 Å². The van der Waals surface area contributed by atoms with Gasteiger partial charge in [-0.15, -0.1) is 0 Å². The van der Waals surface area contributed by atoms with Crippen LogP contribution in [-0.4, -0.2) is 65.0 Å². The van der Waals surface area contributed by atoms with Gasteiger partial charge in [0.05, 0.1) is 23.9 Å². The Kier molecular flexibility index (Phi) is 8.38. The van der Waals surface area contributed by atoms with Crippen molar-refractivity contribution in [3.8, 4) is 5.19 Å². The maximum atomic E-state index is 14.5. The second kappa shape index (κ2) is 12.7. The fourth-order valence-electron chi connectivity index (χ4n) is 6.84. The molecule has 0 bridgehead atoms. The quantitative estimate of drug-likeness (QED) is 0.209. The van der Waals surface area contributed by atoms with Gasteiger partial charge in [-0.2, -0.15) is 0 Å². The van der Waals surface area contributed by atoms with Crippen molar-refractivity contribution in [3.05, 3.63) is 78.9 Å². The molecule has 2 amide bonds. The minimum atomic E-state index is -1.12. The number of fused-ring (bicyclic) bond motifs is 4. The summed E-state index contributed by atoms with van der Waals surface area (Å²) in [5.41, 5.74) is 0.578. The number of amides is 2. The van der Waals surface area contributed by atoms with Crippen molar-refractivity contribution >= 4 is 55.8 Å². The smallest absolute Gasteiger partial charge is 0.332 e. The van der Waals surface area contributed by atoms with Gasteiger partial charge in [0.15, 0.2) is 0 Å². The zero-order valence-electron chi connectivity index (χ0n) is 25.8. The van der Waals surface area contributed by atoms with Crippen molar-refractivity contribution in [2.24, 2.45) is 5.92 Å². The molecule has 3 heterocycles. The average Bonchev–Trinajstić information content (AvgIpc) is 3.38. The normalized spacial score (nSPS) is 26.8. The average molecular weight is 639 g/mol. The number of rotatable bonds is 5. The van der Waals surface area contributed by atoms with Crippen LogP contribution in [0.1, 0.15) is 44.9 Å². The Morgan fingerprint density at radius 2 is 1.87 bits per heavy atom. The number of allylic oxidation sites excluding steroid dienone is 1. The van der Waals surface area contributed by atoms with Crippen LogP contribution in [0.25, 0.3) is 21.0 Å². The monoisotopic (exact) mass is 638 g/mol. The van der Waals surface area contributed by atoms with Crippen molar-refractivity contribution in [1.82, 2.24) is 15.2 Å². The second-order valence-corrected chi connectivity index (χ2v) is 13.5. The van der Waals surface area contributed by atoms with Gasteiger partial charge < -0.3 is 25.0 Å². The van der Waals surface area contributed by atoms with E-state index in [0.29, 0.717) is 18.0 Å². The van der Waals surface area contributed by atoms with E-state index in [1.807, 2.05) is 54.6 Å². The molecule has 2 fully saturated rings. The van der Waals surface area contributed by atoms with Crippen LogP contribution in [0.15, 0.2) is 78.9 Å². The van der Waals surface area contributed by atoms with Crippen molar-refractivity contribution in [2.75, 3.05) is 19.0 Å². The lowest BCUT2D eigenvalue weighted by molar-refractivity contribution is -0.148. The summed E-state index contributed by atoms with van der Waals surface area (Å²) in [5, 5.41) is 9.25. The highest BCUT2D eigenvalue weighted by atomic mass is 32.1. The van der Waals surface area contributed by atoms with Gasteiger partial charge in [0.2, 0.25) is 11.8 Å². The van der Waals surface area contributed by atoms with E-state index in [1.165, 1.54) is 18.4 Å². The van der Waals surface area contributed by atoms with Gasteiger partial charge in [-0.3, -0.25) is 9.59 Å². The molecular weight excluding hydrogens is 600 g/mol. The van der Waals surface area contributed by atoms with Crippen LogP contribution in [-0.2, 0) is 19.1 Å². The fourth-order valence-corrected chi connectivity index (χ4v) is 7.72. The number of nitrogens with zero attached hydrogens (tertiary/aromatic N) is 2. The number of hydrogen-bond donors (Lipinski definition) is 2. The molecule has 3 aromatic carbocycles. The summed E-state index contributed by atoms with van der Waals surface area (Å²) in [6, 6.07) is 20.7. The van der Waals surface area contributed by atoms with Crippen LogP contribution < -0.4 is 15.4 Å². The van der Waals surface area contributed by atoms with Crippen molar-refractivity contribution in [3.63, 3.8) is 0 Å². The molecule has 1 saturated heterocycles. The third-order valence-corrected chi connectivity index (χ3v) is 10.3. The topological polar surface area (TPSA) is 110 Å². The standard InChI is InChI=1S/C36H38N4O5S/c1-44-34(43)36-21-25(36)13-5-3-2-4-6-15-29(37-26-18-17-23-11-7-8-12-24(23)19-26)33(42)40-22-27(20-30(40)32(41)39-36)45-35-38-28-14-9-10-16-31(28)46-35/h5,7-14,16-19,25,27,29-30,37H,2-4,6,15,20-22H2,1H3,(H,39,41)/t25-,27-,29+,30+,36-/m1/s1. The van der Waals surface area contributed by atoms with E-state index in [2.05, 4.69) is 39.9 Å². The van der Waals surface area contributed by atoms with E-state index in [9.17, 15) is 14.4 Å². The lowest BCUT2D eigenvalue weighted by Crippen LogP contribution is -2.55. The van der Waals surface area contributed by atoms with Crippen molar-refractivity contribution in [2.45, 2.75) is 68.7 Å². The molecule has 1 saturated carbocycles. The molecule has 4 aromatic rings. The van der Waals surface area contributed by atoms with Gasteiger partial charge in [-0.25, -0.2) is 9.78 Å². The van der Waals surface area contributed by atoms with Crippen LogP contribution in [0.2, 0.25) is 0 Å². The summed E-state index contributed by atoms with van der Waals surface area (Å²) in [7, 11) is 1.34. The number of anilines is 1. The summed E-state index contributed by atoms with van der Waals surface area (Å²) in [5.74, 6) is -1.13. The van der Waals surface area contributed by atoms with E-state index >= 15 is 0 Å². The number of thiazole rings is 1. The lowest BCUT2D eigenvalue weighted by Gasteiger charge is -2.30. The van der Waals surface area contributed by atoms with Crippen molar-refractivity contribution in [1.29, 1.82) is 0 Å². The molecule has 0 unspecified atom stereocenters. The van der Waals surface area contributed by atoms with E-state index in [0.717, 1.165) is 52.4 Å². The van der Waals surface area contributed by atoms with Gasteiger partial charge in [0.25, 0.3) is 5.19 Å². The molecule has 2 N–H and O–H groups in total. The molecule has 46 heavy (non-hydrogen) atoms. The highest BCUT2D eigenvalue weighted by Gasteiger charge is 2.62. The summed E-state index contributed by atoms with van der Waals surface area (Å²) in [6.07, 6.45) is 8.73. The first-order valence-electron chi connectivity index (χ1n) is 16.1. The number of carbonyl (C=O) groups is 3. The first-order valence-corrected chi connectivity index (χ1v) is 16.9. The second-order valence-electron chi connectivity index (χ2n) is 12.5. The Morgan fingerprint density at radius 3 is 2.72 bits per heavy atom. The Hall–Kier alpha value is -4.44. The summed E-state index contributed by atoms with van der Waals surface area (Å²) in [4.78, 5) is 47.8. The predicted octanol–water partition coefficient (Wildman–Crippen LogP) is 5.85. The van der Waals surface area contributed by atoms with Gasteiger partial charge >= 0.3 is 5.97 Å². The summed E-state index contributed by atoms with van der Waals surface area (Å²) in [6.45, 7) is 0.233. The fraction of sp³-hybridized carbons (Fsp3) is 0.389. The number of aromatic nitrogens is 1. The molecular formula is C36H38N4O5S. The molecule has 10 heteroatoms. The van der Waals surface area contributed by atoms with E-state index in [-0.39, 0.29) is 30.7 Å². The van der Waals surface area contributed by atoms with Gasteiger partial charge in [0, 0.05) is 18.0 Å². The Balaban J connectivity index is 1.19. The predicted molar refractivity (Wildman–Crippen MR) is 179 cm³/mol. The zero-order valence-corrected chi connectivity index (χ0v) is 26.6. The van der Waals surface area contributed by atoms with Crippen LogP contribution >= 0.6 is 11.3 Å². The minimum Gasteiger partial charge on any atom is -0.467 e. The van der Waals surface area contributed by atoms with Crippen LogP contribution in [0.3, 0.4) is 0 Å². The molecule has 0 radical (unpaired) electrons. The number of para-hydroxylation sites is 1. The zero-order chi connectivity index (χ0) is 31.7. The Morgan fingerprint density at radius 1 is 1.04 bits per heavy atom. The number of esters is 1. The molecule has 0 spiro atoms. The summed E-state index contributed by atoms with van der Waals surface area (Å²) < 4.78 is 12.5. The molecule has 3 aliphatic rings. The third kappa shape index (κ3) is 6.06. The third-order valence-electron chi connectivity index (χ3n) is 9.42. The number of nitrogens with one attached hydrogen (secondary N) is 2. The molecule has 5 atom stereocenters. The first-order chi connectivity index (χ1) is 22.4. The van der Waals surface area contributed by atoms with E-state index in [4.69, 9.17) is 9.47 Å². The minimum absolute atomic E-state index is 0.142. The van der Waals surface area contributed by atoms with Gasteiger partial charge in [0.1, 0.15) is 23.7 Å². The number of methoxy groups -OCH3 is 1. The highest BCUT2D eigenvalue weighted by molar-refractivity contribution is 7.20. The maximum Gasteiger partial charge on any atom is 0.332 e. The largest absolute Gasteiger partial charge is 0.467 e. The molecule has 7 rings (SSSR count). The SMILES string of the molecule is COC(=O)[C@@]12C[C@H]1C=CCCCCC[C@H](Nc1ccc3ccccc3c1)C(=O)N1C[C@H](Oc3nc4ccccc4s3)C[C@H]1C(=O)N2. The van der Waals surface area contributed by atoms with Crippen LogP contribution in [0.4, 0.5) is 5.69 Å². The molecule has 1 aromatic heterocycles. The van der Waals surface area contributed by atoms with Crippen LogP contribution in [0.5, 0.6) is 5.19 Å². The molecule has 2 aliphatic heterocycles. The number of ether oxygens (including phenoxy) is 2. The highest BCUT2D eigenvalue weighted by Crippen LogP contribution is 2.46. The molecule has 9 nitrogen and oxygen atoms in total. The molecule has 1 aliphatic carbocycles.